The molecule has 4 aromatic rings. The first-order valence-electron chi connectivity index (χ1n) is 11.4. The van der Waals surface area contributed by atoms with Crippen molar-refractivity contribution in [2.24, 2.45) is 5.92 Å². The van der Waals surface area contributed by atoms with E-state index in [1.807, 2.05) is 12.5 Å². The molecule has 30 heavy (non-hydrogen) atoms. The molecule has 0 aliphatic heterocycles. The molecule has 0 saturated heterocycles. The highest BCUT2D eigenvalue weighted by molar-refractivity contribution is 5.83. The minimum absolute atomic E-state index is 0.326. The molecular formula is C27H28N2O. The molecule has 3 nitrogen and oxygen atoms in total. The summed E-state index contributed by atoms with van der Waals surface area (Å²) in [6.07, 6.45) is 10.3. The summed E-state index contributed by atoms with van der Waals surface area (Å²) in [5.74, 6) is 1.55. The lowest BCUT2D eigenvalue weighted by Gasteiger charge is -2.33. The molecule has 0 spiro atoms. The summed E-state index contributed by atoms with van der Waals surface area (Å²) in [6.45, 7) is 0. The number of rotatable bonds is 4. The van der Waals surface area contributed by atoms with Crippen LogP contribution in [0.15, 0.2) is 67.1 Å². The maximum absolute atomic E-state index is 11.5. The Morgan fingerprint density at radius 3 is 2.40 bits per heavy atom. The highest BCUT2D eigenvalue weighted by atomic mass is 16.3. The first-order chi connectivity index (χ1) is 14.8. The number of fused-ring (bicyclic) bond motifs is 2. The second-order valence-electron chi connectivity index (χ2n) is 9.30. The van der Waals surface area contributed by atoms with Gasteiger partial charge in [0, 0.05) is 0 Å². The van der Waals surface area contributed by atoms with Gasteiger partial charge >= 0.3 is 0 Å². The zero-order chi connectivity index (χ0) is 20.1. The molecule has 6 rings (SSSR count). The molecule has 1 atom stereocenters. The van der Waals surface area contributed by atoms with Crippen LogP contribution in [0.4, 0.5) is 0 Å². The van der Waals surface area contributed by atoms with E-state index in [4.69, 9.17) is 0 Å². The molecule has 2 fully saturated rings. The van der Waals surface area contributed by atoms with Gasteiger partial charge in [-0.25, -0.2) is 4.98 Å². The third kappa shape index (κ3) is 3.13. The van der Waals surface area contributed by atoms with Crippen LogP contribution < -0.4 is 0 Å². The Morgan fingerprint density at radius 2 is 1.60 bits per heavy atom. The predicted molar refractivity (Wildman–Crippen MR) is 121 cm³/mol. The summed E-state index contributed by atoms with van der Waals surface area (Å²) in [4.78, 5) is 4.34. The van der Waals surface area contributed by atoms with Crippen molar-refractivity contribution in [2.75, 3.05) is 0 Å². The number of aliphatic hydroxyl groups is 1. The molecule has 1 N–H and O–H groups in total. The van der Waals surface area contributed by atoms with Crippen molar-refractivity contribution in [1.29, 1.82) is 0 Å². The van der Waals surface area contributed by atoms with E-state index in [9.17, 15) is 5.11 Å². The van der Waals surface area contributed by atoms with Gasteiger partial charge in [0.15, 0.2) is 0 Å². The second kappa shape index (κ2) is 7.24. The molecule has 3 heteroatoms. The number of aromatic nitrogens is 2. The Kier molecular flexibility index (Phi) is 4.38. The van der Waals surface area contributed by atoms with Crippen LogP contribution in [-0.4, -0.2) is 14.5 Å². The zero-order valence-electron chi connectivity index (χ0n) is 17.2. The summed E-state index contributed by atoms with van der Waals surface area (Å²) in [5.41, 5.74) is 4.97. The van der Waals surface area contributed by atoms with Crippen molar-refractivity contribution >= 4 is 16.3 Å². The topological polar surface area (TPSA) is 37.5 Å². The van der Waals surface area contributed by atoms with Gasteiger partial charge in [0.05, 0.1) is 29.8 Å². The van der Waals surface area contributed by atoms with Crippen molar-refractivity contribution in [3.63, 3.8) is 0 Å². The summed E-state index contributed by atoms with van der Waals surface area (Å²) in [7, 11) is 0. The lowest BCUT2D eigenvalue weighted by Crippen LogP contribution is -2.22. The molecule has 2 aliphatic carbocycles. The standard InChI is InChI=1S/C27H28N2O/c30-27(26-25(20-8-9-20)14-13-24-16-28-17-29(24)26)21-10-5-19(6-11-21)23-12-7-18-3-1-2-4-22(18)15-23/h1-4,7,12-17,19-21,27,30H,5-6,8-11H2. The van der Waals surface area contributed by atoms with Gasteiger partial charge in [0.2, 0.25) is 0 Å². The molecule has 2 aliphatic rings. The number of aliphatic hydroxyl groups excluding tert-OH is 1. The van der Waals surface area contributed by atoms with E-state index in [-0.39, 0.29) is 0 Å². The monoisotopic (exact) mass is 396 g/mol. The average molecular weight is 397 g/mol. The fourth-order valence-corrected chi connectivity index (χ4v) is 5.54. The molecule has 2 aromatic carbocycles. The maximum Gasteiger partial charge on any atom is 0.0995 e. The van der Waals surface area contributed by atoms with E-state index < -0.39 is 6.10 Å². The highest BCUT2D eigenvalue weighted by Crippen LogP contribution is 2.47. The van der Waals surface area contributed by atoms with Crippen LogP contribution in [-0.2, 0) is 0 Å². The Labute approximate surface area is 177 Å². The van der Waals surface area contributed by atoms with Gasteiger partial charge in [0.1, 0.15) is 0 Å². The molecule has 0 radical (unpaired) electrons. The van der Waals surface area contributed by atoms with E-state index in [1.165, 1.54) is 34.7 Å². The summed E-state index contributed by atoms with van der Waals surface area (Å²) in [5, 5.41) is 14.1. The molecule has 0 bridgehead atoms. The first-order valence-corrected chi connectivity index (χ1v) is 11.4. The van der Waals surface area contributed by atoms with E-state index in [0.29, 0.717) is 17.8 Å². The molecule has 1 unspecified atom stereocenters. The van der Waals surface area contributed by atoms with Crippen LogP contribution in [0.3, 0.4) is 0 Å². The minimum atomic E-state index is -0.406. The third-order valence-electron chi connectivity index (χ3n) is 7.42. The molecule has 2 heterocycles. The van der Waals surface area contributed by atoms with Crippen LogP contribution in [0.5, 0.6) is 0 Å². The number of benzene rings is 2. The minimum Gasteiger partial charge on any atom is -0.387 e. The molecule has 2 saturated carbocycles. The second-order valence-corrected chi connectivity index (χ2v) is 9.30. The number of pyridine rings is 1. The fourth-order valence-electron chi connectivity index (χ4n) is 5.54. The summed E-state index contributed by atoms with van der Waals surface area (Å²) >= 11 is 0. The largest absolute Gasteiger partial charge is 0.387 e. The smallest absolute Gasteiger partial charge is 0.0995 e. The van der Waals surface area contributed by atoms with Gasteiger partial charge in [-0.2, -0.15) is 0 Å². The van der Waals surface area contributed by atoms with Crippen LogP contribution in [0.2, 0.25) is 0 Å². The number of hydrogen-bond donors (Lipinski definition) is 1. The lowest BCUT2D eigenvalue weighted by atomic mass is 9.75. The van der Waals surface area contributed by atoms with Crippen molar-refractivity contribution < 1.29 is 5.11 Å². The Bertz CT molecular complexity index is 1200. The molecular weight excluding hydrogens is 368 g/mol. The quantitative estimate of drug-likeness (QED) is 0.435. The Balaban J connectivity index is 1.24. The normalized spacial score (nSPS) is 23.1. The summed E-state index contributed by atoms with van der Waals surface area (Å²) in [6, 6.07) is 19.9. The van der Waals surface area contributed by atoms with Crippen LogP contribution >= 0.6 is 0 Å². The van der Waals surface area contributed by atoms with E-state index in [1.54, 1.807) is 0 Å². The van der Waals surface area contributed by atoms with E-state index in [0.717, 1.165) is 36.9 Å². The molecule has 2 aromatic heterocycles. The highest BCUT2D eigenvalue weighted by Gasteiger charge is 2.34. The molecule has 152 valence electrons. The van der Waals surface area contributed by atoms with Gasteiger partial charge in [-0.15, -0.1) is 0 Å². The van der Waals surface area contributed by atoms with Crippen LogP contribution in [0.25, 0.3) is 16.3 Å². The third-order valence-corrected chi connectivity index (χ3v) is 7.42. The number of imidazole rings is 1. The Hall–Kier alpha value is -2.65. The number of nitrogens with zero attached hydrogens (tertiary/aromatic N) is 2. The van der Waals surface area contributed by atoms with E-state index in [2.05, 4.69) is 64.0 Å². The van der Waals surface area contributed by atoms with Crippen molar-refractivity contribution in [3.05, 3.63) is 83.9 Å². The van der Waals surface area contributed by atoms with Gasteiger partial charge < -0.3 is 9.51 Å². The van der Waals surface area contributed by atoms with Crippen LogP contribution in [0.1, 0.15) is 73.3 Å². The van der Waals surface area contributed by atoms with Crippen LogP contribution in [0, 0.1) is 5.92 Å². The summed E-state index contributed by atoms with van der Waals surface area (Å²) < 4.78 is 2.13. The first kappa shape index (κ1) is 18.1. The Morgan fingerprint density at radius 1 is 0.833 bits per heavy atom. The van der Waals surface area contributed by atoms with E-state index >= 15 is 0 Å². The fraction of sp³-hybridized carbons (Fsp3) is 0.370. The van der Waals surface area contributed by atoms with Crippen molar-refractivity contribution in [1.82, 2.24) is 9.38 Å². The van der Waals surface area contributed by atoms with Crippen molar-refractivity contribution in [2.45, 2.75) is 56.5 Å². The zero-order valence-corrected chi connectivity index (χ0v) is 17.2. The van der Waals surface area contributed by atoms with Gasteiger partial charge in [-0.1, -0.05) is 48.5 Å². The van der Waals surface area contributed by atoms with Gasteiger partial charge in [-0.05, 0) is 84.2 Å². The average Bonchev–Trinajstić information content (AvgIpc) is 3.54. The SMILES string of the molecule is OC(c1c(C2CC2)ccc2cncn12)C1CCC(c2ccc3ccccc3c2)CC1. The predicted octanol–water partition coefficient (Wildman–Crippen LogP) is 6.37. The van der Waals surface area contributed by atoms with Gasteiger partial charge in [-0.3, -0.25) is 0 Å². The molecule has 0 amide bonds. The number of hydrogen-bond acceptors (Lipinski definition) is 2. The van der Waals surface area contributed by atoms with Gasteiger partial charge in [0.25, 0.3) is 0 Å². The maximum atomic E-state index is 11.5. The lowest BCUT2D eigenvalue weighted by molar-refractivity contribution is 0.0754. The van der Waals surface area contributed by atoms with Crippen molar-refractivity contribution in [3.8, 4) is 0 Å².